The molecule has 0 aromatic carbocycles. The molecule has 0 saturated heterocycles. The van der Waals surface area contributed by atoms with E-state index in [-0.39, 0.29) is 24.6 Å². The standard InChI is InChI=1S/C9H12F9N/c10-5-3-1-2-4-6(11)19-7(12,8(13,14)15)9(16,17)18/h6,19H,1-5H2. The van der Waals surface area contributed by atoms with E-state index in [0.717, 1.165) is 0 Å². The van der Waals surface area contributed by atoms with Crippen molar-refractivity contribution in [3.8, 4) is 0 Å². The lowest BCUT2D eigenvalue weighted by Crippen LogP contribution is -2.64. The van der Waals surface area contributed by atoms with Crippen molar-refractivity contribution in [3.05, 3.63) is 0 Å². The van der Waals surface area contributed by atoms with Gasteiger partial charge in [-0.15, -0.1) is 0 Å². The normalized spacial score (nSPS) is 15.6. The topological polar surface area (TPSA) is 12.0 Å². The summed E-state index contributed by atoms with van der Waals surface area (Å²) in [6, 6.07) is 0. The van der Waals surface area contributed by atoms with E-state index < -0.39 is 37.5 Å². The molecule has 0 aromatic heterocycles. The fraction of sp³-hybridized carbons (Fsp3) is 1.00. The van der Waals surface area contributed by atoms with E-state index in [1.165, 1.54) is 0 Å². The Kier molecular flexibility index (Phi) is 6.43. The third-order valence-corrected chi connectivity index (χ3v) is 2.23. The summed E-state index contributed by atoms with van der Waals surface area (Å²) in [5.74, 6) is -5.81. The Bertz CT molecular complexity index is 245. The summed E-state index contributed by atoms with van der Waals surface area (Å²) in [5.41, 5.74) is 0. The van der Waals surface area contributed by atoms with Crippen molar-refractivity contribution in [2.75, 3.05) is 6.67 Å². The third-order valence-electron chi connectivity index (χ3n) is 2.23. The van der Waals surface area contributed by atoms with E-state index in [4.69, 9.17) is 0 Å². The highest BCUT2D eigenvalue weighted by Crippen LogP contribution is 2.44. The Morgan fingerprint density at radius 3 is 1.63 bits per heavy atom. The predicted octanol–water partition coefficient (Wildman–Crippen LogP) is 4.19. The number of halogens is 9. The minimum absolute atomic E-state index is 0.00598. The maximum Gasteiger partial charge on any atom is 0.446 e. The third kappa shape index (κ3) is 5.07. The molecular formula is C9H12F9N. The van der Waals surface area contributed by atoms with Crippen molar-refractivity contribution in [2.24, 2.45) is 0 Å². The number of rotatable bonds is 7. The van der Waals surface area contributed by atoms with Gasteiger partial charge < -0.3 is 0 Å². The van der Waals surface area contributed by atoms with Crippen molar-refractivity contribution < 1.29 is 39.5 Å². The molecule has 116 valence electrons. The average molecular weight is 305 g/mol. The van der Waals surface area contributed by atoms with Gasteiger partial charge in [-0.3, -0.25) is 4.39 Å². The van der Waals surface area contributed by atoms with E-state index in [1.54, 1.807) is 0 Å². The largest absolute Gasteiger partial charge is 0.446 e. The Morgan fingerprint density at radius 1 is 0.789 bits per heavy atom. The quantitative estimate of drug-likeness (QED) is 0.422. The van der Waals surface area contributed by atoms with Crippen LogP contribution in [0.5, 0.6) is 0 Å². The van der Waals surface area contributed by atoms with Crippen LogP contribution >= 0.6 is 0 Å². The Balaban J connectivity index is 4.60. The first kappa shape index (κ1) is 18.3. The van der Waals surface area contributed by atoms with Crippen LogP contribution in [0, 0.1) is 0 Å². The number of nitrogens with one attached hydrogen (secondary N) is 1. The fourth-order valence-electron chi connectivity index (χ4n) is 1.21. The SMILES string of the molecule is FCCCCCC(F)NC(F)(C(F)(F)F)C(F)(F)F. The van der Waals surface area contributed by atoms with Crippen LogP contribution in [0.25, 0.3) is 0 Å². The second-order valence-corrected chi connectivity index (χ2v) is 3.80. The van der Waals surface area contributed by atoms with Gasteiger partial charge in [-0.1, -0.05) is 6.42 Å². The maximum absolute atomic E-state index is 13.0. The highest BCUT2D eigenvalue weighted by Gasteiger charge is 2.73. The van der Waals surface area contributed by atoms with Crippen LogP contribution in [-0.4, -0.2) is 31.1 Å². The van der Waals surface area contributed by atoms with Gasteiger partial charge in [0.05, 0.1) is 6.67 Å². The molecule has 0 aromatic rings. The number of unbranched alkanes of at least 4 members (excludes halogenated alkanes) is 2. The molecule has 19 heavy (non-hydrogen) atoms. The second-order valence-electron chi connectivity index (χ2n) is 3.80. The van der Waals surface area contributed by atoms with Gasteiger partial charge in [0.25, 0.3) is 0 Å². The van der Waals surface area contributed by atoms with Crippen molar-refractivity contribution in [1.82, 2.24) is 5.32 Å². The summed E-state index contributed by atoms with van der Waals surface area (Å²) in [6.45, 7) is -0.734. The van der Waals surface area contributed by atoms with E-state index in [1.807, 2.05) is 0 Å². The molecule has 10 heteroatoms. The number of hydrogen-bond acceptors (Lipinski definition) is 1. The summed E-state index contributed by atoms with van der Waals surface area (Å²) in [5, 5.41) is 0.273. The monoisotopic (exact) mass is 305 g/mol. The molecule has 0 aliphatic rings. The van der Waals surface area contributed by atoms with E-state index in [2.05, 4.69) is 0 Å². The molecule has 1 N–H and O–H groups in total. The summed E-state index contributed by atoms with van der Waals surface area (Å²) in [4.78, 5) is 0. The second kappa shape index (κ2) is 6.67. The molecule has 0 bridgehead atoms. The minimum atomic E-state index is -6.34. The van der Waals surface area contributed by atoms with Gasteiger partial charge in [0.1, 0.15) is 0 Å². The molecule has 0 aliphatic carbocycles. The lowest BCUT2D eigenvalue weighted by Gasteiger charge is -2.31. The smallest absolute Gasteiger partial charge is 0.251 e. The zero-order chi connectivity index (χ0) is 15.3. The van der Waals surface area contributed by atoms with Gasteiger partial charge in [0, 0.05) is 0 Å². The van der Waals surface area contributed by atoms with Gasteiger partial charge in [0.2, 0.25) is 0 Å². The Labute approximate surface area is 103 Å². The Hall–Kier alpha value is -0.670. The van der Waals surface area contributed by atoms with Gasteiger partial charge in [0.15, 0.2) is 6.30 Å². The molecule has 0 amide bonds. The van der Waals surface area contributed by atoms with Crippen LogP contribution in [0.3, 0.4) is 0 Å². The van der Waals surface area contributed by atoms with Gasteiger partial charge in [-0.05, 0) is 19.3 Å². The first-order chi connectivity index (χ1) is 8.45. The molecule has 0 aliphatic heterocycles. The zero-order valence-corrected chi connectivity index (χ0v) is 9.51. The summed E-state index contributed by atoms with van der Waals surface area (Å²) in [7, 11) is 0. The highest BCUT2D eigenvalue weighted by atomic mass is 19.4. The molecule has 1 nitrogen and oxygen atoms in total. The first-order valence-electron chi connectivity index (χ1n) is 5.26. The molecule has 0 spiro atoms. The van der Waals surface area contributed by atoms with Crippen LogP contribution in [0.2, 0.25) is 0 Å². The summed E-state index contributed by atoms with van der Waals surface area (Å²) < 4.78 is 110. The van der Waals surface area contributed by atoms with Crippen LogP contribution in [0.1, 0.15) is 25.7 Å². The first-order valence-corrected chi connectivity index (χ1v) is 5.26. The summed E-state index contributed by atoms with van der Waals surface area (Å²) >= 11 is 0. The van der Waals surface area contributed by atoms with Crippen LogP contribution in [0.15, 0.2) is 0 Å². The highest BCUT2D eigenvalue weighted by molar-refractivity contribution is 4.92. The fourth-order valence-corrected chi connectivity index (χ4v) is 1.21. The van der Waals surface area contributed by atoms with Crippen molar-refractivity contribution >= 4 is 0 Å². The molecule has 1 atom stereocenters. The maximum atomic E-state index is 13.0. The van der Waals surface area contributed by atoms with Crippen LogP contribution < -0.4 is 5.32 Å². The van der Waals surface area contributed by atoms with Crippen LogP contribution in [0.4, 0.5) is 39.5 Å². The van der Waals surface area contributed by atoms with Crippen molar-refractivity contribution in [2.45, 2.75) is 50.1 Å². The number of alkyl halides is 9. The van der Waals surface area contributed by atoms with Crippen molar-refractivity contribution in [3.63, 3.8) is 0 Å². The lowest BCUT2D eigenvalue weighted by molar-refractivity contribution is -0.357. The molecule has 1 unspecified atom stereocenters. The van der Waals surface area contributed by atoms with Crippen LogP contribution in [-0.2, 0) is 0 Å². The predicted molar refractivity (Wildman–Crippen MR) is 48.4 cm³/mol. The molecule has 0 heterocycles. The van der Waals surface area contributed by atoms with E-state index in [0.29, 0.717) is 0 Å². The van der Waals surface area contributed by atoms with Gasteiger partial charge in [-0.25, -0.2) is 14.1 Å². The molecule has 0 saturated carbocycles. The zero-order valence-electron chi connectivity index (χ0n) is 9.51. The van der Waals surface area contributed by atoms with E-state index in [9.17, 15) is 39.5 Å². The molecule has 0 radical (unpaired) electrons. The lowest BCUT2D eigenvalue weighted by atomic mass is 10.1. The molecular weight excluding hydrogens is 293 g/mol. The van der Waals surface area contributed by atoms with Crippen molar-refractivity contribution in [1.29, 1.82) is 0 Å². The van der Waals surface area contributed by atoms with Gasteiger partial charge in [-0.2, -0.15) is 26.3 Å². The Morgan fingerprint density at radius 2 is 1.26 bits per heavy atom. The number of hydrogen-bond donors (Lipinski definition) is 1. The van der Waals surface area contributed by atoms with Gasteiger partial charge >= 0.3 is 18.1 Å². The van der Waals surface area contributed by atoms with E-state index >= 15 is 0 Å². The molecule has 0 rings (SSSR count). The minimum Gasteiger partial charge on any atom is -0.251 e. The summed E-state index contributed by atoms with van der Waals surface area (Å²) in [6.07, 6.45) is -16.4. The molecule has 0 fully saturated rings. The average Bonchev–Trinajstić information content (AvgIpc) is 2.21.